The number of carbonyl (C=O) groups is 1. The summed E-state index contributed by atoms with van der Waals surface area (Å²) in [6, 6.07) is 17.6. The molecule has 34 heavy (non-hydrogen) atoms. The number of benzene rings is 3. The standard InChI is InChI=1S/C27H27N3O3S/c1-16-9-17(2)11-22(10-16)32-15-25(31)30-27(34)28-21-7-5-20(6-8-21)14-26-29-23-12-18(3)19(4)13-24(23)33-26/h5-13H,14-15H2,1-4H3,(H2,28,30,31,34). The van der Waals surface area contributed by atoms with E-state index in [1.807, 2.05) is 68.4 Å². The largest absolute Gasteiger partial charge is 0.484 e. The first-order chi connectivity index (χ1) is 16.2. The summed E-state index contributed by atoms with van der Waals surface area (Å²) in [5.41, 5.74) is 8.05. The summed E-state index contributed by atoms with van der Waals surface area (Å²) in [6.45, 7) is 7.98. The Bertz CT molecular complexity index is 1300. The molecule has 7 heteroatoms. The van der Waals surface area contributed by atoms with E-state index in [9.17, 15) is 4.79 Å². The molecule has 6 nitrogen and oxygen atoms in total. The first kappa shape index (κ1) is 23.4. The number of aryl methyl sites for hydroxylation is 4. The Morgan fingerprint density at radius 2 is 1.65 bits per heavy atom. The number of nitrogens with one attached hydrogen (secondary N) is 2. The van der Waals surface area contributed by atoms with Crippen molar-refractivity contribution in [2.75, 3.05) is 11.9 Å². The number of thiocarbonyl (C=S) groups is 1. The van der Waals surface area contributed by atoms with Gasteiger partial charge in [-0.25, -0.2) is 4.98 Å². The maximum atomic E-state index is 12.2. The van der Waals surface area contributed by atoms with Gasteiger partial charge in [0.15, 0.2) is 23.2 Å². The Labute approximate surface area is 204 Å². The number of fused-ring (bicyclic) bond motifs is 1. The molecule has 0 aliphatic heterocycles. The summed E-state index contributed by atoms with van der Waals surface area (Å²) in [4.78, 5) is 16.8. The van der Waals surface area contributed by atoms with Gasteiger partial charge >= 0.3 is 0 Å². The number of hydrogen-bond donors (Lipinski definition) is 2. The lowest BCUT2D eigenvalue weighted by molar-refractivity contribution is -0.121. The van der Waals surface area contributed by atoms with Crippen molar-refractivity contribution in [1.82, 2.24) is 10.3 Å². The molecule has 0 atom stereocenters. The van der Waals surface area contributed by atoms with Gasteiger partial charge in [-0.3, -0.25) is 10.1 Å². The summed E-state index contributed by atoms with van der Waals surface area (Å²) in [7, 11) is 0. The third-order valence-electron chi connectivity index (χ3n) is 5.43. The minimum atomic E-state index is -0.324. The van der Waals surface area contributed by atoms with Crippen molar-refractivity contribution in [3.8, 4) is 5.75 Å². The highest BCUT2D eigenvalue weighted by Gasteiger charge is 2.10. The number of nitrogens with zero attached hydrogens (tertiary/aromatic N) is 1. The number of carbonyl (C=O) groups excluding carboxylic acids is 1. The lowest BCUT2D eigenvalue weighted by Gasteiger charge is -2.11. The Morgan fingerprint density at radius 3 is 2.35 bits per heavy atom. The number of oxazole rings is 1. The highest BCUT2D eigenvalue weighted by atomic mass is 32.1. The molecule has 4 rings (SSSR count). The van der Waals surface area contributed by atoms with Gasteiger partial charge in [-0.15, -0.1) is 0 Å². The molecule has 1 heterocycles. The average Bonchev–Trinajstić information content (AvgIpc) is 3.14. The van der Waals surface area contributed by atoms with Crippen molar-refractivity contribution in [2.45, 2.75) is 34.1 Å². The van der Waals surface area contributed by atoms with Crippen molar-refractivity contribution >= 4 is 40.0 Å². The van der Waals surface area contributed by atoms with Gasteiger partial charge in [-0.1, -0.05) is 18.2 Å². The predicted molar refractivity (Wildman–Crippen MR) is 139 cm³/mol. The van der Waals surface area contributed by atoms with E-state index in [0.717, 1.165) is 33.5 Å². The fourth-order valence-corrected chi connectivity index (χ4v) is 3.91. The average molecular weight is 474 g/mol. The van der Waals surface area contributed by atoms with Crippen LogP contribution in [0.15, 0.2) is 59.0 Å². The zero-order chi connectivity index (χ0) is 24.2. The number of ether oxygens (including phenoxy) is 1. The minimum absolute atomic E-state index is 0.118. The van der Waals surface area contributed by atoms with Crippen molar-refractivity contribution < 1.29 is 13.9 Å². The third-order valence-corrected chi connectivity index (χ3v) is 5.64. The second-order valence-corrected chi connectivity index (χ2v) is 8.91. The van der Waals surface area contributed by atoms with Crippen LogP contribution in [0, 0.1) is 27.7 Å². The minimum Gasteiger partial charge on any atom is -0.484 e. The van der Waals surface area contributed by atoms with Crippen LogP contribution in [0.5, 0.6) is 5.75 Å². The third kappa shape index (κ3) is 5.99. The molecular weight excluding hydrogens is 446 g/mol. The fraction of sp³-hybridized carbons (Fsp3) is 0.222. The molecule has 174 valence electrons. The Kier molecular flexibility index (Phi) is 6.93. The van der Waals surface area contributed by atoms with E-state index in [1.165, 1.54) is 11.1 Å². The second-order valence-electron chi connectivity index (χ2n) is 8.50. The molecule has 4 aromatic rings. The molecule has 2 N–H and O–H groups in total. The van der Waals surface area contributed by atoms with Gasteiger partial charge in [0, 0.05) is 12.1 Å². The van der Waals surface area contributed by atoms with Crippen molar-refractivity contribution in [3.63, 3.8) is 0 Å². The molecule has 0 aliphatic carbocycles. The summed E-state index contributed by atoms with van der Waals surface area (Å²) in [5.74, 6) is 1.01. The molecule has 0 fully saturated rings. The Morgan fingerprint density at radius 1 is 0.971 bits per heavy atom. The van der Waals surface area contributed by atoms with E-state index in [-0.39, 0.29) is 17.6 Å². The molecule has 0 unspecified atom stereocenters. The van der Waals surface area contributed by atoms with Gasteiger partial charge in [-0.2, -0.15) is 0 Å². The lowest BCUT2D eigenvalue weighted by Crippen LogP contribution is -2.37. The zero-order valence-corrected chi connectivity index (χ0v) is 20.5. The monoisotopic (exact) mass is 473 g/mol. The number of rotatable bonds is 6. The number of anilines is 1. The summed E-state index contributed by atoms with van der Waals surface area (Å²) < 4.78 is 11.5. The summed E-state index contributed by atoms with van der Waals surface area (Å²) in [5, 5.41) is 5.87. The normalized spacial score (nSPS) is 10.8. The Balaban J connectivity index is 1.29. The molecule has 3 aromatic carbocycles. The van der Waals surface area contributed by atoms with E-state index in [4.69, 9.17) is 21.4 Å². The lowest BCUT2D eigenvalue weighted by atomic mass is 10.1. The maximum absolute atomic E-state index is 12.2. The van der Waals surface area contributed by atoms with E-state index in [0.29, 0.717) is 18.1 Å². The SMILES string of the molecule is Cc1cc(C)cc(OCC(=O)NC(=S)Nc2ccc(Cc3nc4cc(C)c(C)cc4o3)cc2)c1. The number of aromatic nitrogens is 1. The van der Waals surface area contributed by atoms with Crippen LogP contribution in [0.3, 0.4) is 0 Å². The van der Waals surface area contributed by atoms with E-state index >= 15 is 0 Å². The van der Waals surface area contributed by atoms with Crippen LogP contribution in [0.25, 0.3) is 11.1 Å². The topological polar surface area (TPSA) is 76.4 Å². The van der Waals surface area contributed by atoms with Crippen LogP contribution in [-0.2, 0) is 11.2 Å². The van der Waals surface area contributed by atoms with Gasteiger partial charge in [-0.05, 0) is 104 Å². The molecule has 1 amide bonds. The van der Waals surface area contributed by atoms with Crippen molar-refractivity contribution in [2.24, 2.45) is 0 Å². The molecule has 0 spiro atoms. The first-order valence-electron chi connectivity index (χ1n) is 11.0. The van der Waals surface area contributed by atoms with Crippen LogP contribution in [-0.4, -0.2) is 22.6 Å². The van der Waals surface area contributed by atoms with Crippen LogP contribution < -0.4 is 15.4 Å². The molecule has 0 saturated heterocycles. The maximum Gasteiger partial charge on any atom is 0.264 e. The molecule has 0 bridgehead atoms. The van der Waals surface area contributed by atoms with E-state index in [1.54, 1.807) is 0 Å². The predicted octanol–water partition coefficient (Wildman–Crippen LogP) is 5.54. The van der Waals surface area contributed by atoms with E-state index < -0.39 is 0 Å². The fourth-order valence-electron chi connectivity index (χ4n) is 3.67. The first-order valence-corrected chi connectivity index (χ1v) is 11.4. The highest BCUT2D eigenvalue weighted by Crippen LogP contribution is 2.22. The van der Waals surface area contributed by atoms with Crippen LogP contribution in [0.4, 0.5) is 5.69 Å². The molecular formula is C27H27N3O3S. The van der Waals surface area contributed by atoms with Crippen molar-refractivity contribution in [3.05, 3.63) is 88.3 Å². The van der Waals surface area contributed by atoms with Gasteiger partial charge < -0.3 is 14.5 Å². The molecule has 0 saturated carbocycles. The van der Waals surface area contributed by atoms with Crippen molar-refractivity contribution in [1.29, 1.82) is 0 Å². The van der Waals surface area contributed by atoms with Gasteiger partial charge in [0.05, 0.1) is 0 Å². The smallest absolute Gasteiger partial charge is 0.264 e. The van der Waals surface area contributed by atoms with Crippen LogP contribution in [0.2, 0.25) is 0 Å². The molecule has 0 radical (unpaired) electrons. The number of hydrogen-bond acceptors (Lipinski definition) is 5. The molecule has 0 aliphatic rings. The van der Waals surface area contributed by atoms with Gasteiger partial charge in [0.25, 0.3) is 5.91 Å². The quantitative estimate of drug-likeness (QED) is 0.358. The van der Waals surface area contributed by atoms with Crippen LogP contribution >= 0.6 is 12.2 Å². The van der Waals surface area contributed by atoms with Gasteiger partial charge in [0.1, 0.15) is 11.3 Å². The highest BCUT2D eigenvalue weighted by molar-refractivity contribution is 7.80. The van der Waals surface area contributed by atoms with E-state index in [2.05, 4.69) is 29.5 Å². The van der Waals surface area contributed by atoms with Crippen LogP contribution in [0.1, 0.15) is 33.7 Å². The summed E-state index contributed by atoms with van der Waals surface area (Å²) in [6.07, 6.45) is 0.587. The molecule has 1 aromatic heterocycles. The Hall–Kier alpha value is -3.71. The second kappa shape index (κ2) is 10.1. The zero-order valence-electron chi connectivity index (χ0n) is 19.7. The van der Waals surface area contributed by atoms with Gasteiger partial charge in [0.2, 0.25) is 0 Å². The summed E-state index contributed by atoms with van der Waals surface area (Å²) >= 11 is 5.26. The number of amides is 1.